The Bertz CT molecular complexity index is 689. The number of ether oxygens (including phenoxy) is 2. The van der Waals surface area contributed by atoms with E-state index >= 15 is 0 Å². The first-order valence-electron chi connectivity index (χ1n) is 7.16. The highest BCUT2D eigenvalue weighted by atomic mass is 19.1. The predicted octanol–water partition coefficient (Wildman–Crippen LogP) is 2.81. The monoisotopic (exact) mass is 317 g/mol. The van der Waals surface area contributed by atoms with Gasteiger partial charge in [-0.05, 0) is 36.2 Å². The normalized spacial score (nSPS) is 11.2. The summed E-state index contributed by atoms with van der Waals surface area (Å²) in [6.07, 6.45) is 0.636. The maximum absolute atomic E-state index is 13.3. The van der Waals surface area contributed by atoms with E-state index in [1.54, 1.807) is 19.2 Å². The summed E-state index contributed by atoms with van der Waals surface area (Å²) in [5.41, 5.74) is 7.59. The summed E-state index contributed by atoms with van der Waals surface area (Å²) in [6, 6.07) is 12.2. The number of guanidine groups is 1. The molecule has 0 unspecified atom stereocenters. The molecule has 0 saturated carbocycles. The highest BCUT2D eigenvalue weighted by Crippen LogP contribution is 2.18. The molecule has 5 nitrogen and oxygen atoms in total. The molecule has 0 bridgehead atoms. The molecule has 0 aliphatic carbocycles. The SMILES string of the molecule is COc1cccc(NC(N)=NCCc2ccc(F)c(OC)c2)c1. The van der Waals surface area contributed by atoms with Crippen molar-refractivity contribution in [1.82, 2.24) is 0 Å². The minimum absolute atomic E-state index is 0.231. The Balaban J connectivity index is 1.92. The van der Waals surface area contributed by atoms with Gasteiger partial charge in [-0.25, -0.2) is 4.39 Å². The zero-order valence-electron chi connectivity index (χ0n) is 13.2. The van der Waals surface area contributed by atoms with Crippen LogP contribution in [-0.2, 0) is 6.42 Å². The van der Waals surface area contributed by atoms with E-state index in [2.05, 4.69) is 10.3 Å². The van der Waals surface area contributed by atoms with Crippen LogP contribution in [0.4, 0.5) is 10.1 Å². The number of hydrogen-bond donors (Lipinski definition) is 2. The molecule has 2 aromatic rings. The van der Waals surface area contributed by atoms with Gasteiger partial charge in [0, 0.05) is 18.3 Å². The second-order valence-electron chi connectivity index (χ2n) is 4.84. The summed E-state index contributed by atoms with van der Waals surface area (Å²) < 4.78 is 23.4. The number of nitrogens with one attached hydrogen (secondary N) is 1. The number of benzene rings is 2. The van der Waals surface area contributed by atoms with Gasteiger partial charge in [-0.15, -0.1) is 0 Å². The van der Waals surface area contributed by atoms with E-state index in [1.807, 2.05) is 24.3 Å². The van der Waals surface area contributed by atoms with Gasteiger partial charge in [0.15, 0.2) is 17.5 Å². The summed E-state index contributed by atoms with van der Waals surface area (Å²) in [5, 5.41) is 3.00. The van der Waals surface area contributed by atoms with Crippen LogP contribution in [0.15, 0.2) is 47.5 Å². The molecule has 0 radical (unpaired) electrons. The molecule has 0 heterocycles. The molecular weight excluding hydrogens is 297 g/mol. The molecule has 6 heteroatoms. The lowest BCUT2D eigenvalue weighted by Crippen LogP contribution is -2.23. The lowest BCUT2D eigenvalue weighted by atomic mass is 10.1. The van der Waals surface area contributed by atoms with Gasteiger partial charge in [0.1, 0.15) is 5.75 Å². The predicted molar refractivity (Wildman–Crippen MR) is 89.8 cm³/mol. The van der Waals surface area contributed by atoms with Crippen molar-refractivity contribution in [2.24, 2.45) is 10.7 Å². The third-order valence-electron chi connectivity index (χ3n) is 3.24. The molecule has 0 aliphatic rings. The number of nitrogens with two attached hydrogens (primary N) is 1. The maximum Gasteiger partial charge on any atom is 0.193 e. The minimum Gasteiger partial charge on any atom is -0.497 e. The van der Waals surface area contributed by atoms with Crippen LogP contribution in [0.1, 0.15) is 5.56 Å². The second-order valence-corrected chi connectivity index (χ2v) is 4.84. The molecule has 0 aromatic heterocycles. The van der Waals surface area contributed by atoms with Crippen LogP contribution >= 0.6 is 0 Å². The lowest BCUT2D eigenvalue weighted by molar-refractivity contribution is 0.386. The van der Waals surface area contributed by atoms with Gasteiger partial charge in [-0.3, -0.25) is 4.99 Å². The van der Waals surface area contributed by atoms with Gasteiger partial charge in [0.25, 0.3) is 0 Å². The average Bonchev–Trinajstić information content (AvgIpc) is 2.56. The largest absolute Gasteiger partial charge is 0.497 e. The van der Waals surface area contributed by atoms with Gasteiger partial charge in [-0.2, -0.15) is 0 Å². The van der Waals surface area contributed by atoms with E-state index in [9.17, 15) is 4.39 Å². The van der Waals surface area contributed by atoms with Crippen molar-refractivity contribution in [3.8, 4) is 11.5 Å². The van der Waals surface area contributed by atoms with E-state index in [4.69, 9.17) is 15.2 Å². The van der Waals surface area contributed by atoms with Crippen LogP contribution in [0.3, 0.4) is 0 Å². The molecule has 0 spiro atoms. The Kier molecular flexibility index (Phi) is 5.80. The van der Waals surface area contributed by atoms with Crippen LogP contribution in [0.5, 0.6) is 11.5 Å². The minimum atomic E-state index is -0.376. The molecule has 23 heavy (non-hydrogen) atoms. The number of rotatable bonds is 6. The zero-order valence-corrected chi connectivity index (χ0v) is 13.2. The Morgan fingerprint density at radius 3 is 2.74 bits per heavy atom. The quantitative estimate of drug-likeness (QED) is 0.635. The third kappa shape index (κ3) is 4.88. The number of nitrogens with zero attached hydrogens (tertiary/aromatic N) is 1. The molecule has 0 fully saturated rings. The van der Waals surface area contributed by atoms with Crippen molar-refractivity contribution < 1.29 is 13.9 Å². The number of halogens is 1. The van der Waals surface area contributed by atoms with Crippen LogP contribution in [0.25, 0.3) is 0 Å². The summed E-state index contributed by atoms with van der Waals surface area (Å²) in [6.45, 7) is 0.484. The Labute approximate surface area is 134 Å². The molecule has 2 aromatic carbocycles. The summed E-state index contributed by atoms with van der Waals surface area (Å²) in [4.78, 5) is 4.26. The Hall–Kier alpha value is -2.76. The molecule has 3 N–H and O–H groups in total. The van der Waals surface area contributed by atoms with Crippen LogP contribution in [-0.4, -0.2) is 26.7 Å². The first kappa shape index (κ1) is 16.6. The second kappa shape index (κ2) is 8.03. The molecule has 0 aliphatic heterocycles. The van der Waals surface area contributed by atoms with E-state index in [-0.39, 0.29) is 11.6 Å². The number of aliphatic imine (C=N–C) groups is 1. The van der Waals surface area contributed by atoms with Gasteiger partial charge in [-0.1, -0.05) is 12.1 Å². The summed E-state index contributed by atoms with van der Waals surface area (Å²) in [5.74, 6) is 0.904. The molecular formula is C17H20FN3O2. The van der Waals surface area contributed by atoms with Crippen LogP contribution in [0, 0.1) is 5.82 Å². The van der Waals surface area contributed by atoms with Crippen LogP contribution < -0.4 is 20.5 Å². The van der Waals surface area contributed by atoms with Gasteiger partial charge in [0.2, 0.25) is 0 Å². The van der Waals surface area contributed by atoms with Gasteiger partial charge in [0.05, 0.1) is 14.2 Å². The third-order valence-corrected chi connectivity index (χ3v) is 3.24. The fourth-order valence-electron chi connectivity index (χ4n) is 2.05. The Morgan fingerprint density at radius 2 is 2.00 bits per heavy atom. The smallest absolute Gasteiger partial charge is 0.193 e. The molecule has 0 saturated heterocycles. The van der Waals surface area contributed by atoms with Crippen molar-refractivity contribution in [3.63, 3.8) is 0 Å². The van der Waals surface area contributed by atoms with Crippen molar-refractivity contribution in [2.45, 2.75) is 6.42 Å². The van der Waals surface area contributed by atoms with Crippen molar-refractivity contribution >= 4 is 11.6 Å². The summed E-state index contributed by atoms with van der Waals surface area (Å²) >= 11 is 0. The average molecular weight is 317 g/mol. The van der Waals surface area contributed by atoms with Crippen LogP contribution in [0.2, 0.25) is 0 Å². The van der Waals surface area contributed by atoms with E-state index in [0.717, 1.165) is 17.0 Å². The lowest BCUT2D eigenvalue weighted by Gasteiger charge is -2.08. The van der Waals surface area contributed by atoms with E-state index in [1.165, 1.54) is 13.2 Å². The molecule has 0 atom stereocenters. The topological polar surface area (TPSA) is 68.9 Å². The number of methoxy groups -OCH3 is 2. The fourth-order valence-corrected chi connectivity index (χ4v) is 2.05. The fraction of sp³-hybridized carbons (Fsp3) is 0.235. The van der Waals surface area contributed by atoms with E-state index < -0.39 is 0 Å². The van der Waals surface area contributed by atoms with E-state index in [0.29, 0.717) is 18.9 Å². The Morgan fingerprint density at radius 1 is 1.17 bits per heavy atom. The van der Waals surface area contributed by atoms with Crippen molar-refractivity contribution in [2.75, 3.05) is 26.1 Å². The standard InChI is InChI=1S/C17H20FN3O2/c1-22-14-5-3-4-13(11-14)21-17(19)20-9-8-12-6-7-15(18)16(10-12)23-2/h3-7,10-11H,8-9H2,1-2H3,(H3,19,20,21). The number of anilines is 1. The first-order chi connectivity index (χ1) is 11.1. The maximum atomic E-state index is 13.3. The zero-order chi connectivity index (χ0) is 16.7. The number of hydrogen-bond acceptors (Lipinski definition) is 3. The van der Waals surface area contributed by atoms with Crippen molar-refractivity contribution in [1.29, 1.82) is 0 Å². The van der Waals surface area contributed by atoms with Gasteiger partial charge < -0.3 is 20.5 Å². The molecule has 122 valence electrons. The molecule has 2 rings (SSSR count). The summed E-state index contributed by atoms with van der Waals surface area (Å²) in [7, 11) is 3.05. The highest BCUT2D eigenvalue weighted by molar-refractivity contribution is 5.92. The van der Waals surface area contributed by atoms with Crippen molar-refractivity contribution in [3.05, 3.63) is 53.8 Å². The highest BCUT2D eigenvalue weighted by Gasteiger charge is 2.03. The van der Waals surface area contributed by atoms with Gasteiger partial charge >= 0.3 is 0 Å². The first-order valence-corrected chi connectivity index (χ1v) is 7.16. The molecule has 0 amide bonds.